The van der Waals surface area contributed by atoms with Gasteiger partial charge in [-0.1, -0.05) is 64.0 Å². The third-order valence-corrected chi connectivity index (χ3v) is 5.26. The number of ether oxygens (including phenoxy) is 1. The molecule has 0 aliphatic heterocycles. The van der Waals surface area contributed by atoms with Crippen molar-refractivity contribution >= 4 is 5.97 Å². The summed E-state index contributed by atoms with van der Waals surface area (Å²) in [5, 5.41) is 37.5. The molecule has 0 amide bonds. The van der Waals surface area contributed by atoms with Crippen LogP contribution in [-0.2, 0) is 9.53 Å². The van der Waals surface area contributed by atoms with Crippen LogP contribution in [0, 0.1) is 5.41 Å². The van der Waals surface area contributed by atoms with Crippen molar-refractivity contribution in [2.75, 3.05) is 26.4 Å². The van der Waals surface area contributed by atoms with Gasteiger partial charge in [-0.15, -0.1) is 0 Å². The highest BCUT2D eigenvalue weighted by atomic mass is 16.5. The molecule has 0 aromatic heterocycles. The number of aliphatic hydroxyl groups excluding tert-OH is 4. The molecular weight excluding hydrogens is 372 g/mol. The molecule has 0 fully saturated rings. The van der Waals surface area contributed by atoms with Gasteiger partial charge in [0.25, 0.3) is 0 Å². The summed E-state index contributed by atoms with van der Waals surface area (Å²) in [6.07, 6.45) is 16.8. The summed E-state index contributed by atoms with van der Waals surface area (Å²) < 4.78 is 5.06. The smallest absolute Gasteiger partial charge is 0.305 e. The van der Waals surface area contributed by atoms with E-state index < -0.39 is 25.2 Å². The van der Waals surface area contributed by atoms with Crippen molar-refractivity contribution in [2.24, 2.45) is 5.41 Å². The summed E-state index contributed by atoms with van der Waals surface area (Å²) in [6, 6.07) is 0. The van der Waals surface area contributed by atoms with Gasteiger partial charge in [-0.2, -0.15) is 0 Å². The molecule has 0 spiro atoms. The third kappa shape index (κ3) is 15.5. The largest absolute Gasteiger partial charge is 0.465 e. The van der Waals surface area contributed by atoms with E-state index in [1.807, 2.05) is 0 Å². The average molecular weight is 417 g/mol. The zero-order valence-corrected chi connectivity index (χ0v) is 18.4. The fourth-order valence-corrected chi connectivity index (χ4v) is 2.95. The van der Waals surface area contributed by atoms with Gasteiger partial charge in [0.1, 0.15) is 6.61 Å². The van der Waals surface area contributed by atoms with E-state index in [2.05, 4.69) is 19.1 Å². The topological polar surface area (TPSA) is 107 Å². The number of rotatable bonds is 20. The minimum atomic E-state index is -1.16. The molecule has 6 heteroatoms. The lowest BCUT2D eigenvalue weighted by molar-refractivity contribution is -0.151. The number of unbranched alkanes of at least 4 members (excludes halogenated alkanes) is 8. The molecule has 172 valence electrons. The molecule has 0 rings (SSSR count). The van der Waals surface area contributed by atoms with Crippen LogP contribution in [0.1, 0.15) is 90.4 Å². The highest BCUT2D eigenvalue weighted by Gasteiger charge is 2.29. The molecule has 0 aliphatic rings. The number of esters is 1. The summed E-state index contributed by atoms with van der Waals surface area (Å²) in [5.74, 6) is -0.360. The molecule has 0 aromatic rings. The van der Waals surface area contributed by atoms with E-state index in [0.29, 0.717) is 6.42 Å². The number of hydrogen-bond acceptors (Lipinski definition) is 6. The predicted molar refractivity (Wildman–Crippen MR) is 115 cm³/mol. The van der Waals surface area contributed by atoms with Crippen molar-refractivity contribution in [3.8, 4) is 0 Å². The SMILES string of the molecule is CCCCCCC(O)C/C=C/CCCCCCCC(=O)OCC(CO)(CO)CO. The molecule has 4 N–H and O–H groups in total. The Kier molecular flexibility index (Phi) is 18.4. The molecule has 0 bridgehead atoms. The second kappa shape index (κ2) is 19.0. The summed E-state index contributed by atoms with van der Waals surface area (Å²) in [7, 11) is 0. The molecule has 1 unspecified atom stereocenters. The molecule has 1 atom stereocenters. The van der Waals surface area contributed by atoms with Gasteiger partial charge in [-0.25, -0.2) is 0 Å². The summed E-state index contributed by atoms with van der Waals surface area (Å²) in [4.78, 5) is 11.7. The molecular formula is C23H44O6. The first-order valence-corrected chi connectivity index (χ1v) is 11.3. The lowest BCUT2D eigenvalue weighted by Crippen LogP contribution is -2.39. The van der Waals surface area contributed by atoms with Crippen molar-refractivity contribution in [2.45, 2.75) is 96.5 Å². The monoisotopic (exact) mass is 416 g/mol. The fourth-order valence-electron chi connectivity index (χ4n) is 2.95. The summed E-state index contributed by atoms with van der Waals surface area (Å²) in [6.45, 7) is 0.726. The first kappa shape index (κ1) is 28.1. The molecule has 0 aromatic carbocycles. The Morgan fingerprint density at radius 2 is 1.52 bits per heavy atom. The lowest BCUT2D eigenvalue weighted by Gasteiger charge is -2.26. The van der Waals surface area contributed by atoms with Crippen LogP contribution >= 0.6 is 0 Å². The molecule has 0 saturated heterocycles. The molecule has 0 aliphatic carbocycles. The Balaban J connectivity index is 3.55. The Morgan fingerprint density at radius 3 is 2.17 bits per heavy atom. The maximum Gasteiger partial charge on any atom is 0.305 e. The van der Waals surface area contributed by atoms with E-state index in [4.69, 9.17) is 4.74 Å². The second-order valence-electron chi connectivity index (χ2n) is 8.15. The van der Waals surface area contributed by atoms with Crippen LogP contribution in [0.5, 0.6) is 0 Å². The van der Waals surface area contributed by atoms with E-state index in [9.17, 15) is 25.2 Å². The first-order valence-electron chi connectivity index (χ1n) is 11.3. The minimum absolute atomic E-state index is 0.172. The zero-order valence-electron chi connectivity index (χ0n) is 18.4. The van der Waals surface area contributed by atoms with Crippen molar-refractivity contribution in [3.63, 3.8) is 0 Å². The summed E-state index contributed by atoms with van der Waals surface area (Å²) in [5.41, 5.74) is -1.16. The normalized spacial score (nSPS) is 13.1. The third-order valence-electron chi connectivity index (χ3n) is 5.26. The van der Waals surface area contributed by atoms with Crippen LogP contribution in [0.3, 0.4) is 0 Å². The number of aliphatic hydroxyl groups is 4. The van der Waals surface area contributed by atoms with Gasteiger partial charge in [0.15, 0.2) is 0 Å². The quantitative estimate of drug-likeness (QED) is 0.137. The Hall–Kier alpha value is -0.950. The molecule has 6 nitrogen and oxygen atoms in total. The van der Waals surface area contributed by atoms with E-state index in [-0.39, 0.29) is 18.7 Å². The fraction of sp³-hybridized carbons (Fsp3) is 0.870. The number of carbonyl (C=O) groups excluding carboxylic acids is 1. The van der Waals surface area contributed by atoms with Crippen LogP contribution < -0.4 is 0 Å². The van der Waals surface area contributed by atoms with Crippen molar-refractivity contribution in [3.05, 3.63) is 12.2 Å². The van der Waals surface area contributed by atoms with Crippen LogP contribution in [0.4, 0.5) is 0 Å². The second-order valence-corrected chi connectivity index (χ2v) is 8.15. The Bertz CT molecular complexity index is 398. The van der Waals surface area contributed by atoms with E-state index >= 15 is 0 Å². The molecule has 0 saturated carbocycles. The average Bonchev–Trinajstić information content (AvgIpc) is 2.74. The molecule has 29 heavy (non-hydrogen) atoms. The number of hydrogen-bond donors (Lipinski definition) is 4. The van der Waals surface area contributed by atoms with Crippen LogP contribution in [0.15, 0.2) is 12.2 Å². The van der Waals surface area contributed by atoms with Gasteiger partial charge < -0.3 is 25.2 Å². The number of carbonyl (C=O) groups is 1. The van der Waals surface area contributed by atoms with Crippen LogP contribution in [0.2, 0.25) is 0 Å². The van der Waals surface area contributed by atoms with Gasteiger partial charge in [0.05, 0.1) is 31.3 Å². The number of allylic oxidation sites excluding steroid dienone is 1. The first-order chi connectivity index (χ1) is 14.0. The van der Waals surface area contributed by atoms with Crippen molar-refractivity contribution < 1.29 is 30.0 Å². The standard InChI is InChI=1S/C23H44O6/c1-2-3-4-11-14-21(27)15-12-9-7-5-6-8-10-13-16-22(28)29-20-23(17-24,18-25)19-26/h9,12,21,24-27H,2-8,10-11,13-20H2,1H3/b12-9+. The van der Waals surface area contributed by atoms with Crippen molar-refractivity contribution in [1.82, 2.24) is 0 Å². The maximum atomic E-state index is 11.7. The van der Waals surface area contributed by atoms with Gasteiger partial charge in [0.2, 0.25) is 0 Å². The highest BCUT2D eigenvalue weighted by molar-refractivity contribution is 5.69. The lowest BCUT2D eigenvalue weighted by atomic mass is 9.93. The highest BCUT2D eigenvalue weighted by Crippen LogP contribution is 2.16. The van der Waals surface area contributed by atoms with Gasteiger partial charge in [0, 0.05) is 6.42 Å². The van der Waals surface area contributed by atoms with E-state index in [1.165, 1.54) is 19.3 Å². The molecule has 0 radical (unpaired) electrons. The Labute approximate surface area is 177 Å². The van der Waals surface area contributed by atoms with E-state index in [0.717, 1.165) is 57.8 Å². The van der Waals surface area contributed by atoms with Gasteiger partial charge in [-0.05, 0) is 32.1 Å². The minimum Gasteiger partial charge on any atom is -0.465 e. The van der Waals surface area contributed by atoms with Crippen LogP contribution in [-0.4, -0.2) is 58.9 Å². The summed E-state index contributed by atoms with van der Waals surface area (Å²) >= 11 is 0. The van der Waals surface area contributed by atoms with Gasteiger partial charge >= 0.3 is 5.97 Å². The van der Waals surface area contributed by atoms with Crippen molar-refractivity contribution in [1.29, 1.82) is 0 Å². The Morgan fingerprint density at radius 1 is 0.897 bits per heavy atom. The molecule has 0 heterocycles. The van der Waals surface area contributed by atoms with Gasteiger partial charge in [-0.3, -0.25) is 4.79 Å². The van der Waals surface area contributed by atoms with E-state index in [1.54, 1.807) is 0 Å². The predicted octanol–water partition coefficient (Wildman–Crippen LogP) is 3.50. The maximum absolute atomic E-state index is 11.7. The van der Waals surface area contributed by atoms with Crippen LogP contribution in [0.25, 0.3) is 0 Å². The zero-order chi connectivity index (χ0) is 21.8.